The minimum Gasteiger partial charge on any atom is -0.478 e. The van der Waals surface area contributed by atoms with Crippen molar-refractivity contribution >= 4 is 39.5 Å². The smallest absolute Gasteiger partial charge is 0.335 e. The first-order valence-electron chi connectivity index (χ1n) is 8.72. The SMILES string of the molecule is CNc1ncc2c(n1)c(NC1=CC(C)CC=C1)nc1cc(C(=O)O)ccc12. The van der Waals surface area contributed by atoms with Crippen LogP contribution in [0.4, 0.5) is 11.8 Å². The summed E-state index contributed by atoms with van der Waals surface area (Å²) in [6, 6.07) is 4.89. The van der Waals surface area contributed by atoms with Crippen LogP contribution in [0.5, 0.6) is 0 Å². The Morgan fingerprint density at radius 3 is 2.85 bits per heavy atom. The molecular formula is C20H19N5O2. The van der Waals surface area contributed by atoms with Gasteiger partial charge >= 0.3 is 5.97 Å². The Hall–Kier alpha value is -3.48. The predicted octanol–water partition coefficient (Wildman–Crippen LogP) is 3.81. The summed E-state index contributed by atoms with van der Waals surface area (Å²) < 4.78 is 0. The van der Waals surface area contributed by atoms with Gasteiger partial charge < -0.3 is 15.7 Å². The second-order valence-corrected chi connectivity index (χ2v) is 6.57. The first kappa shape index (κ1) is 17.0. The van der Waals surface area contributed by atoms with Gasteiger partial charge in [0.15, 0.2) is 5.82 Å². The molecule has 0 saturated carbocycles. The molecule has 0 bridgehead atoms. The topological polar surface area (TPSA) is 100 Å². The average molecular weight is 361 g/mol. The fraction of sp³-hybridized carbons (Fsp3) is 0.200. The van der Waals surface area contributed by atoms with Crippen LogP contribution in [0.1, 0.15) is 23.7 Å². The van der Waals surface area contributed by atoms with Crippen molar-refractivity contribution in [1.82, 2.24) is 15.0 Å². The summed E-state index contributed by atoms with van der Waals surface area (Å²) in [5.41, 5.74) is 2.40. The molecule has 1 aliphatic rings. The molecule has 1 aromatic carbocycles. The van der Waals surface area contributed by atoms with Crippen LogP contribution in [0.2, 0.25) is 0 Å². The van der Waals surface area contributed by atoms with Crippen LogP contribution < -0.4 is 10.6 Å². The summed E-state index contributed by atoms with van der Waals surface area (Å²) in [4.78, 5) is 24.9. The molecule has 7 nitrogen and oxygen atoms in total. The number of hydrogen-bond donors (Lipinski definition) is 3. The molecule has 1 unspecified atom stereocenters. The van der Waals surface area contributed by atoms with Crippen molar-refractivity contribution in [3.8, 4) is 0 Å². The van der Waals surface area contributed by atoms with Crippen molar-refractivity contribution in [1.29, 1.82) is 0 Å². The fourth-order valence-corrected chi connectivity index (χ4v) is 3.19. The molecule has 0 fully saturated rings. The molecule has 7 heteroatoms. The van der Waals surface area contributed by atoms with Gasteiger partial charge in [0.2, 0.25) is 5.95 Å². The highest BCUT2D eigenvalue weighted by molar-refractivity contribution is 6.09. The Labute approximate surface area is 155 Å². The monoisotopic (exact) mass is 361 g/mol. The standard InChI is InChI=1S/C20H19N5O2/c1-11-4-3-5-13(8-11)23-18-17-15(10-22-20(21-2)25-17)14-7-6-12(19(26)27)9-16(14)24-18/h3,5-11H,4H2,1-2H3,(H,23,24)(H,26,27)(H,21,22,25). The van der Waals surface area contributed by atoms with E-state index in [0.717, 1.165) is 22.9 Å². The highest BCUT2D eigenvalue weighted by atomic mass is 16.4. The highest BCUT2D eigenvalue weighted by Crippen LogP contribution is 2.30. The number of carboxylic acids is 1. The van der Waals surface area contributed by atoms with Crippen molar-refractivity contribution < 1.29 is 9.90 Å². The lowest BCUT2D eigenvalue weighted by Crippen LogP contribution is -2.07. The van der Waals surface area contributed by atoms with E-state index < -0.39 is 5.97 Å². The van der Waals surface area contributed by atoms with Crippen LogP contribution in [0, 0.1) is 5.92 Å². The minimum atomic E-state index is -0.984. The zero-order valence-electron chi connectivity index (χ0n) is 15.0. The maximum absolute atomic E-state index is 11.3. The molecule has 0 spiro atoms. The van der Waals surface area contributed by atoms with Gasteiger partial charge in [0.25, 0.3) is 0 Å². The second-order valence-electron chi connectivity index (χ2n) is 6.57. The third kappa shape index (κ3) is 3.19. The van der Waals surface area contributed by atoms with E-state index in [4.69, 9.17) is 0 Å². The summed E-state index contributed by atoms with van der Waals surface area (Å²) >= 11 is 0. The molecule has 3 N–H and O–H groups in total. The van der Waals surface area contributed by atoms with Gasteiger partial charge in [-0.3, -0.25) is 0 Å². The number of nitrogens with zero attached hydrogens (tertiary/aromatic N) is 3. The van der Waals surface area contributed by atoms with Crippen LogP contribution >= 0.6 is 0 Å². The van der Waals surface area contributed by atoms with E-state index in [9.17, 15) is 9.90 Å². The predicted molar refractivity (Wildman–Crippen MR) is 106 cm³/mol. The van der Waals surface area contributed by atoms with Crippen molar-refractivity contribution in [2.24, 2.45) is 5.92 Å². The molecule has 136 valence electrons. The average Bonchev–Trinajstić information content (AvgIpc) is 2.67. The first-order valence-corrected chi connectivity index (χ1v) is 8.72. The van der Waals surface area contributed by atoms with Crippen LogP contribution in [0.3, 0.4) is 0 Å². The quantitative estimate of drug-likeness (QED) is 0.608. The molecule has 27 heavy (non-hydrogen) atoms. The normalized spacial score (nSPS) is 16.4. The van der Waals surface area contributed by atoms with Gasteiger partial charge in [-0.2, -0.15) is 0 Å². The number of benzene rings is 1. The number of hydrogen-bond acceptors (Lipinski definition) is 6. The molecule has 2 aromatic heterocycles. The largest absolute Gasteiger partial charge is 0.478 e. The molecule has 1 atom stereocenters. The molecule has 3 aromatic rings. The molecule has 0 radical (unpaired) electrons. The molecule has 0 amide bonds. The third-order valence-corrected chi connectivity index (χ3v) is 4.54. The van der Waals surface area contributed by atoms with Gasteiger partial charge in [-0.1, -0.05) is 25.1 Å². The first-order chi connectivity index (χ1) is 13.0. The number of pyridine rings is 1. The number of aromatic carboxylic acids is 1. The van der Waals surface area contributed by atoms with Crippen LogP contribution in [-0.4, -0.2) is 33.1 Å². The van der Waals surface area contributed by atoms with Gasteiger partial charge in [0.05, 0.1) is 11.1 Å². The van der Waals surface area contributed by atoms with Gasteiger partial charge in [-0.15, -0.1) is 0 Å². The number of anilines is 2. The molecule has 1 aliphatic carbocycles. The lowest BCUT2D eigenvalue weighted by molar-refractivity contribution is 0.0697. The Morgan fingerprint density at radius 2 is 2.11 bits per heavy atom. The van der Waals surface area contributed by atoms with Gasteiger partial charge in [-0.25, -0.2) is 19.7 Å². The Kier molecular flexibility index (Phi) is 4.19. The Bertz CT molecular complexity index is 1120. The van der Waals surface area contributed by atoms with E-state index in [-0.39, 0.29) is 5.56 Å². The zero-order valence-corrected chi connectivity index (χ0v) is 15.0. The van der Waals surface area contributed by atoms with Crippen LogP contribution in [0.15, 0.2) is 48.3 Å². The fourth-order valence-electron chi connectivity index (χ4n) is 3.19. The number of allylic oxidation sites excluding steroid dienone is 3. The van der Waals surface area contributed by atoms with E-state index in [1.807, 2.05) is 6.08 Å². The van der Waals surface area contributed by atoms with Gasteiger partial charge in [0, 0.05) is 29.7 Å². The summed E-state index contributed by atoms with van der Waals surface area (Å²) in [6.07, 6.45) is 9.02. The maximum Gasteiger partial charge on any atom is 0.335 e. The van der Waals surface area contributed by atoms with E-state index in [1.54, 1.807) is 31.4 Å². The molecule has 0 saturated heterocycles. The van der Waals surface area contributed by atoms with Gasteiger partial charge in [-0.05, 0) is 30.5 Å². The van der Waals surface area contributed by atoms with E-state index in [0.29, 0.717) is 28.7 Å². The van der Waals surface area contributed by atoms with Crippen molar-refractivity contribution in [3.63, 3.8) is 0 Å². The number of aromatic nitrogens is 3. The third-order valence-electron chi connectivity index (χ3n) is 4.54. The van der Waals surface area contributed by atoms with Gasteiger partial charge in [0.1, 0.15) is 5.52 Å². The van der Waals surface area contributed by atoms with Crippen LogP contribution in [-0.2, 0) is 0 Å². The lowest BCUT2D eigenvalue weighted by Gasteiger charge is -2.16. The van der Waals surface area contributed by atoms with E-state index >= 15 is 0 Å². The number of rotatable bonds is 4. The number of carboxylic acid groups (broad SMARTS) is 1. The number of fused-ring (bicyclic) bond motifs is 3. The molecule has 4 rings (SSSR count). The van der Waals surface area contributed by atoms with E-state index in [2.05, 4.69) is 44.7 Å². The molecular weight excluding hydrogens is 342 g/mol. The summed E-state index contributed by atoms with van der Waals surface area (Å²) in [7, 11) is 1.76. The Morgan fingerprint density at radius 1 is 1.26 bits per heavy atom. The summed E-state index contributed by atoms with van der Waals surface area (Å²) in [5, 5.41) is 17.2. The lowest BCUT2D eigenvalue weighted by atomic mass is 10.0. The maximum atomic E-state index is 11.3. The number of carbonyl (C=O) groups is 1. The van der Waals surface area contributed by atoms with Crippen LogP contribution in [0.25, 0.3) is 21.8 Å². The Balaban J connectivity index is 1.94. The van der Waals surface area contributed by atoms with E-state index in [1.165, 1.54) is 0 Å². The second kappa shape index (κ2) is 6.68. The molecule has 2 heterocycles. The zero-order chi connectivity index (χ0) is 19.0. The highest BCUT2D eigenvalue weighted by Gasteiger charge is 2.15. The number of nitrogens with one attached hydrogen (secondary N) is 2. The van der Waals surface area contributed by atoms with Crippen molar-refractivity contribution in [2.75, 3.05) is 17.7 Å². The van der Waals surface area contributed by atoms with Crippen molar-refractivity contribution in [2.45, 2.75) is 13.3 Å². The summed E-state index contributed by atoms with van der Waals surface area (Å²) in [6.45, 7) is 2.15. The van der Waals surface area contributed by atoms with Crippen molar-refractivity contribution in [3.05, 3.63) is 53.9 Å². The summed E-state index contributed by atoms with van der Waals surface area (Å²) in [5.74, 6) is 0.520. The minimum absolute atomic E-state index is 0.193. The molecule has 0 aliphatic heterocycles.